The highest BCUT2D eigenvalue weighted by Crippen LogP contribution is 2.13. The molecule has 2 N–H and O–H groups in total. The van der Waals surface area contributed by atoms with Crippen LogP contribution in [0.15, 0.2) is 24.3 Å². The molecule has 0 aromatic heterocycles. The summed E-state index contributed by atoms with van der Waals surface area (Å²) in [6.45, 7) is 4.64. The van der Waals surface area contributed by atoms with E-state index in [-0.39, 0.29) is 0 Å². The predicted octanol–water partition coefficient (Wildman–Crippen LogP) is 1.76. The number of hydrogen-bond acceptors (Lipinski definition) is 4. The second-order valence-corrected chi connectivity index (χ2v) is 5.26. The lowest BCUT2D eigenvalue weighted by molar-refractivity contribution is 0.0881. The van der Waals surface area contributed by atoms with Gasteiger partial charge in [-0.05, 0) is 37.0 Å². The first-order valence-corrected chi connectivity index (χ1v) is 7.50. The summed E-state index contributed by atoms with van der Waals surface area (Å²) in [6, 6.07) is 8.01. The molecular formula is C16H25NO3. The van der Waals surface area contributed by atoms with E-state index in [9.17, 15) is 5.11 Å². The van der Waals surface area contributed by atoms with Gasteiger partial charge in [-0.2, -0.15) is 0 Å². The molecule has 2 unspecified atom stereocenters. The standard InChI is InChI=1S/C16H25NO3/c1-2-13-5-7-15(8-6-13)20-12-14(18)10-17-11-16-4-3-9-19-16/h5-8,14,16-18H,2-4,9-12H2,1H3. The summed E-state index contributed by atoms with van der Waals surface area (Å²) in [4.78, 5) is 0. The molecule has 0 spiro atoms. The minimum Gasteiger partial charge on any atom is -0.491 e. The molecule has 4 nitrogen and oxygen atoms in total. The van der Waals surface area contributed by atoms with Crippen molar-refractivity contribution in [1.29, 1.82) is 0 Å². The van der Waals surface area contributed by atoms with Gasteiger partial charge in [-0.1, -0.05) is 19.1 Å². The molecule has 1 aromatic carbocycles. The lowest BCUT2D eigenvalue weighted by Crippen LogP contribution is -2.35. The van der Waals surface area contributed by atoms with Crippen molar-refractivity contribution in [3.63, 3.8) is 0 Å². The number of aliphatic hydroxyl groups excluding tert-OH is 1. The summed E-state index contributed by atoms with van der Waals surface area (Å²) in [7, 11) is 0. The van der Waals surface area contributed by atoms with Crippen LogP contribution < -0.4 is 10.1 Å². The Kier molecular flexibility index (Phi) is 6.30. The van der Waals surface area contributed by atoms with Crippen LogP contribution in [0.2, 0.25) is 0 Å². The zero-order valence-electron chi connectivity index (χ0n) is 12.2. The monoisotopic (exact) mass is 279 g/mol. The first kappa shape index (κ1) is 15.3. The molecule has 1 aromatic rings. The fourth-order valence-electron chi connectivity index (χ4n) is 2.29. The summed E-state index contributed by atoms with van der Waals surface area (Å²) in [5.41, 5.74) is 1.29. The second-order valence-electron chi connectivity index (χ2n) is 5.26. The van der Waals surface area contributed by atoms with Crippen molar-refractivity contribution < 1.29 is 14.6 Å². The molecular weight excluding hydrogens is 254 g/mol. The number of nitrogens with one attached hydrogen (secondary N) is 1. The van der Waals surface area contributed by atoms with Gasteiger partial charge in [0.15, 0.2) is 0 Å². The predicted molar refractivity (Wildman–Crippen MR) is 79.2 cm³/mol. The van der Waals surface area contributed by atoms with Gasteiger partial charge in [0.2, 0.25) is 0 Å². The van der Waals surface area contributed by atoms with Crippen LogP contribution in [0.1, 0.15) is 25.3 Å². The van der Waals surface area contributed by atoms with Gasteiger partial charge in [0, 0.05) is 19.7 Å². The van der Waals surface area contributed by atoms with Crippen LogP contribution in [-0.2, 0) is 11.2 Å². The summed E-state index contributed by atoms with van der Waals surface area (Å²) in [5.74, 6) is 0.806. The molecule has 4 heteroatoms. The highest BCUT2D eigenvalue weighted by molar-refractivity contribution is 5.27. The zero-order valence-corrected chi connectivity index (χ0v) is 12.2. The van der Waals surface area contributed by atoms with Gasteiger partial charge in [0.05, 0.1) is 6.10 Å². The fourth-order valence-corrected chi connectivity index (χ4v) is 2.29. The highest BCUT2D eigenvalue weighted by Gasteiger charge is 2.15. The van der Waals surface area contributed by atoms with Crippen molar-refractivity contribution in [3.05, 3.63) is 29.8 Å². The first-order valence-electron chi connectivity index (χ1n) is 7.50. The molecule has 1 aliphatic heterocycles. The largest absolute Gasteiger partial charge is 0.491 e. The Morgan fingerprint density at radius 3 is 2.85 bits per heavy atom. The van der Waals surface area contributed by atoms with E-state index >= 15 is 0 Å². The Morgan fingerprint density at radius 1 is 1.40 bits per heavy atom. The number of aryl methyl sites for hydroxylation is 1. The van der Waals surface area contributed by atoms with Gasteiger partial charge < -0.3 is 19.9 Å². The molecule has 1 heterocycles. The zero-order chi connectivity index (χ0) is 14.2. The Hall–Kier alpha value is -1.10. The van der Waals surface area contributed by atoms with Crippen LogP contribution in [0.5, 0.6) is 5.75 Å². The van der Waals surface area contributed by atoms with E-state index in [1.165, 1.54) is 5.56 Å². The van der Waals surface area contributed by atoms with Crippen LogP contribution in [0, 0.1) is 0 Å². The van der Waals surface area contributed by atoms with E-state index in [2.05, 4.69) is 24.4 Å². The molecule has 1 fully saturated rings. The Labute approximate surface area is 121 Å². The van der Waals surface area contributed by atoms with Crippen molar-refractivity contribution in [2.75, 3.05) is 26.3 Å². The van der Waals surface area contributed by atoms with Gasteiger partial charge in [-0.3, -0.25) is 0 Å². The van der Waals surface area contributed by atoms with Gasteiger partial charge in [-0.25, -0.2) is 0 Å². The topological polar surface area (TPSA) is 50.7 Å². The maximum Gasteiger partial charge on any atom is 0.119 e. The first-order chi connectivity index (χ1) is 9.78. The average Bonchev–Trinajstić information content (AvgIpc) is 2.99. The number of rotatable bonds is 8. The fraction of sp³-hybridized carbons (Fsp3) is 0.625. The van der Waals surface area contributed by atoms with E-state index < -0.39 is 6.10 Å². The van der Waals surface area contributed by atoms with Gasteiger partial charge in [0.25, 0.3) is 0 Å². The molecule has 0 saturated carbocycles. The molecule has 2 atom stereocenters. The highest BCUT2D eigenvalue weighted by atomic mass is 16.5. The minimum atomic E-state index is -0.498. The van der Waals surface area contributed by atoms with Crippen LogP contribution in [-0.4, -0.2) is 43.6 Å². The summed E-state index contributed by atoms with van der Waals surface area (Å²) in [5, 5.41) is 13.1. The maximum atomic E-state index is 9.86. The maximum absolute atomic E-state index is 9.86. The summed E-state index contributed by atoms with van der Waals surface area (Å²) < 4.78 is 11.1. The van der Waals surface area contributed by atoms with Crippen molar-refractivity contribution in [3.8, 4) is 5.75 Å². The number of aliphatic hydroxyl groups is 1. The number of ether oxygens (including phenoxy) is 2. The van der Waals surface area contributed by atoms with Crippen LogP contribution in [0.25, 0.3) is 0 Å². The molecule has 1 aliphatic rings. The lowest BCUT2D eigenvalue weighted by atomic mass is 10.2. The van der Waals surface area contributed by atoms with Gasteiger partial charge in [-0.15, -0.1) is 0 Å². The number of hydrogen-bond donors (Lipinski definition) is 2. The van der Waals surface area contributed by atoms with Crippen molar-refractivity contribution in [2.24, 2.45) is 0 Å². The second kappa shape index (κ2) is 8.25. The molecule has 0 bridgehead atoms. The van der Waals surface area contributed by atoms with Crippen molar-refractivity contribution in [1.82, 2.24) is 5.32 Å². The number of benzene rings is 1. The molecule has 0 aliphatic carbocycles. The van der Waals surface area contributed by atoms with E-state index in [1.807, 2.05) is 12.1 Å². The van der Waals surface area contributed by atoms with Crippen molar-refractivity contribution >= 4 is 0 Å². The van der Waals surface area contributed by atoms with Gasteiger partial charge in [0.1, 0.15) is 18.5 Å². The molecule has 0 radical (unpaired) electrons. The Bertz CT molecular complexity index is 374. The molecule has 112 valence electrons. The Morgan fingerprint density at radius 2 is 2.20 bits per heavy atom. The van der Waals surface area contributed by atoms with Crippen molar-refractivity contribution in [2.45, 2.75) is 38.4 Å². The van der Waals surface area contributed by atoms with Crippen LogP contribution >= 0.6 is 0 Å². The van der Waals surface area contributed by atoms with E-state index in [0.29, 0.717) is 19.3 Å². The quantitative estimate of drug-likeness (QED) is 0.761. The van der Waals surface area contributed by atoms with E-state index in [0.717, 1.165) is 38.2 Å². The third-order valence-electron chi connectivity index (χ3n) is 3.55. The van der Waals surface area contributed by atoms with E-state index in [1.54, 1.807) is 0 Å². The van der Waals surface area contributed by atoms with Gasteiger partial charge >= 0.3 is 0 Å². The average molecular weight is 279 g/mol. The normalized spacial score (nSPS) is 20.0. The summed E-state index contributed by atoms with van der Waals surface area (Å²) >= 11 is 0. The Balaban J connectivity index is 1.59. The smallest absolute Gasteiger partial charge is 0.119 e. The van der Waals surface area contributed by atoms with E-state index in [4.69, 9.17) is 9.47 Å². The third-order valence-corrected chi connectivity index (χ3v) is 3.55. The summed E-state index contributed by atoms with van der Waals surface area (Å²) in [6.07, 6.45) is 3.09. The molecule has 20 heavy (non-hydrogen) atoms. The van der Waals surface area contributed by atoms with Crippen LogP contribution in [0.4, 0.5) is 0 Å². The lowest BCUT2D eigenvalue weighted by Gasteiger charge is -2.15. The SMILES string of the molecule is CCc1ccc(OCC(O)CNCC2CCCO2)cc1. The minimum absolute atomic E-state index is 0.310. The van der Waals surface area contributed by atoms with Crippen LogP contribution in [0.3, 0.4) is 0 Å². The molecule has 1 saturated heterocycles. The molecule has 0 amide bonds. The third kappa shape index (κ3) is 5.12. The molecule has 2 rings (SSSR count).